The number of anilines is 1. The summed E-state index contributed by atoms with van der Waals surface area (Å²) in [7, 11) is 0. The molecule has 18 heavy (non-hydrogen) atoms. The third-order valence-corrected chi connectivity index (χ3v) is 3.50. The van der Waals surface area contributed by atoms with Crippen LogP contribution in [0.5, 0.6) is 0 Å². The van der Waals surface area contributed by atoms with Gasteiger partial charge in [-0.15, -0.1) is 11.6 Å². The summed E-state index contributed by atoms with van der Waals surface area (Å²) in [6.07, 6.45) is 0. The highest BCUT2D eigenvalue weighted by atomic mass is 35.5. The fraction of sp³-hybridized carbons (Fsp3) is 0.462. The average molecular weight is 269 g/mol. The molecule has 1 aliphatic rings. The van der Waals surface area contributed by atoms with Gasteiger partial charge in [0, 0.05) is 38.4 Å². The van der Waals surface area contributed by atoms with Gasteiger partial charge in [-0.1, -0.05) is 18.2 Å². The highest BCUT2D eigenvalue weighted by Crippen LogP contribution is 2.15. The van der Waals surface area contributed by atoms with Crippen molar-refractivity contribution in [1.29, 1.82) is 0 Å². The number of carboxylic acids is 1. The van der Waals surface area contributed by atoms with Crippen LogP contribution in [-0.4, -0.2) is 54.1 Å². The van der Waals surface area contributed by atoms with Crippen molar-refractivity contribution < 1.29 is 9.90 Å². The van der Waals surface area contributed by atoms with E-state index in [2.05, 4.69) is 21.9 Å². The molecule has 0 radical (unpaired) electrons. The largest absolute Gasteiger partial charge is 0.480 e. The van der Waals surface area contributed by atoms with E-state index in [1.807, 2.05) is 18.2 Å². The van der Waals surface area contributed by atoms with E-state index in [0.29, 0.717) is 6.54 Å². The minimum Gasteiger partial charge on any atom is -0.480 e. The summed E-state index contributed by atoms with van der Waals surface area (Å²) in [5.74, 6) is -0.942. The number of halogens is 1. The van der Waals surface area contributed by atoms with Gasteiger partial charge < -0.3 is 10.0 Å². The zero-order valence-electron chi connectivity index (χ0n) is 10.1. The van der Waals surface area contributed by atoms with Crippen molar-refractivity contribution in [1.82, 2.24) is 4.90 Å². The van der Waals surface area contributed by atoms with E-state index in [9.17, 15) is 4.79 Å². The van der Waals surface area contributed by atoms with E-state index in [1.54, 1.807) is 0 Å². The van der Waals surface area contributed by atoms with Crippen molar-refractivity contribution in [3.8, 4) is 0 Å². The molecule has 1 saturated heterocycles. The second kappa shape index (κ2) is 6.07. The molecule has 1 N–H and O–H groups in total. The lowest BCUT2D eigenvalue weighted by molar-refractivity contribution is -0.137. The molecular weight excluding hydrogens is 252 g/mol. The zero-order valence-corrected chi connectivity index (χ0v) is 10.9. The van der Waals surface area contributed by atoms with Gasteiger partial charge in [0.25, 0.3) is 0 Å². The molecule has 0 amide bonds. The molecule has 0 aromatic heterocycles. The predicted molar refractivity (Wildman–Crippen MR) is 72.4 cm³/mol. The number of nitrogens with zero attached hydrogens (tertiary/aromatic N) is 2. The molecule has 1 aromatic rings. The summed E-state index contributed by atoms with van der Waals surface area (Å²) in [6, 6.07) is 10.3. The van der Waals surface area contributed by atoms with Crippen molar-refractivity contribution >= 4 is 23.3 Å². The van der Waals surface area contributed by atoms with Crippen LogP contribution in [0.25, 0.3) is 0 Å². The minimum atomic E-state index is -0.942. The third kappa shape index (κ3) is 3.37. The number of carboxylic acid groups (broad SMARTS) is 1. The van der Waals surface area contributed by atoms with Gasteiger partial charge in [-0.2, -0.15) is 0 Å². The van der Waals surface area contributed by atoms with Gasteiger partial charge in [-0.05, 0) is 12.1 Å². The fourth-order valence-corrected chi connectivity index (χ4v) is 2.33. The highest BCUT2D eigenvalue weighted by Gasteiger charge is 2.22. The monoisotopic (exact) mass is 268 g/mol. The topological polar surface area (TPSA) is 43.8 Å². The van der Waals surface area contributed by atoms with Crippen LogP contribution in [0.4, 0.5) is 5.69 Å². The van der Waals surface area contributed by atoms with Gasteiger partial charge in [0.05, 0.1) is 0 Å². The lowest BCUT2D eigenvalue weighted by Gasteiger charge is -2.36. The van der Waals surface area contributed by atoms with Crippen molar-refractivity contribution in [2.24, 2.45) is 0 Å². The van der Waals surface area contributed by atoms with Crippen molar-refractivity contribution in [2.75, 3.05) is 37.6 Å². The van der Waals surface area contributed by atoms with Crippen molar-refractivity contribution in [3.05, 3.63) is 30.3 Å². The van der Waals surface area contributed by atoms with Gasteiger partial charge >= 0.3 is 5.97 Å². The Bertz CT molecular complexity index is 391. The molecular formula is C13H17ClN2O2. The first-order valence-corrected chi connectivity index (χ1v) is 6.49. The molecule has 0 saturated carbocycles. The van der Waals surface area contributed by atoms with Crippen molar-refractivity contribution in [2.45, 2.75) is 5.38 Å². The van der Waals surface area contributed by atoms with Crippen LogP contribution in [0.15, 0.2) is 30.3 Å². The van der Waals surface area contributed by atoms with Crippen LogP contribution in [0, 0.1) is 0 Å². The normalized spacial score (nSPS) is 18.6. The second-order valence-corrected chi connectivity index (χ2v) is 4.96. The van der Waals surface area contributed by atoms with Gasteiger partial charge in [-0.3, -0.25) is 9.69 Å². The van der Waals surface area contributed by atoms with Gasteiger partial charge in [0.2, 0.25) is 0 Å². The maximum Gasteiger partial charge on any atom is 0.322 e. The molecule has 1 heterocycles. The SMILES string of the molecule is O=C(O)C(Cl)CN1CCN(c2ccccc2)CC1. The highest BCUT2D eigenvalue weighted by molar-refractivity contribution is 6.29. The lowest BCUT2D eigenvalue weighted by atomic mass is 10.2. The van der Waals surface area contributed by atoms with Crippen LogP contribution in [0.2, 0.25) is 0 Å². The Kier molecular flexibility index (Phi) is 4.44. The summed E-state index contributed by atoms with van der Waals surface area (Å²) < 4.78 is 0. The van der Waals surface area contributed by atoms with E-state index < -0.39 is 11.3 Å². The Balaban J connectivity index is 1.83. The molecule has 1 aliphatic heterocycles. The van der Waals surface area contributed by atoms with E-state index in [0.717, 1.165) is 26.2 Å². The Morgan fingerprint density at radius 2 is 1.83 bits per heavy atom. The number of hydrogen-bond donors (Lipinski definition) is 1. The molecule has 5 heteroatoms. The average Bonchev–Trinajstić information content (AvgIpc) is 2.40. The molecule has 0 spiro atoms. The first kappa shape index (κ1) is 13.2. The summed E-state index contributed by atoms with van der Waals surface area (Å²) in [4.78, 5) is 15.1. The molecule has 2 rings (SSSR count). The number of benzene rings is 1. The summed E-state index contributed by atoms with van der Waals surface area (Å²) in [6.45, 7) is 3.94. The number of rotatable bonds is 4. The van der Waals surface area contributed by atoms with Crippen LogP contribution in [0.3, 0.4) is 0 Å². The Morgan fingerprint density at radius 3 is 2.39 bits per heavy atom. The fourth-order valence-electron chi connectivity index (χ4n) is 2.13. The van der Waals surface area contributed by atoms with Gasteiger partial charge in [-0.25, -0.2) is 0 Å². The smallest absolute Gasteiger partial charge is 0.322 e. The maximum atomic E-state index is 10.7. The summed E-state index contributed by atoms with van der Waals surface area (Å²) in [5.41, 5.74) is 1.22. The van der Waals surface area contributed by atoms with Crippen LogP contribution in [0.1, 0.15) is 0 Å². The van der Waals surface area contributed by atoms with Crippen LogP contribution < -0.4 is 4.90 Å². The molecule has 1 atom stereocenters. The van der Waals surface area contributed by atoms with E-state index in [4.69, 9.17) is 16.7 Å². The first-order chi connectivity index (χ1) is 8.66. The number of hydrogen-bond acceptors (Lipinski definition) is 3. The molecule has 98 valence electrons. The third-order valence-electron chi connectivity index (χ3n) is 3.18. The second-order valence-electron chi connectivity index (χ2n) is 4.43. The number of piperazine rings is 1. The summed E-state index contributed by atoms with van der Waals surface area (Å²) >= 11 is 5.75. The molecule has 1 aromatic carbocycles. The molecule has 1 unspecified atom stereocenters. The quantitative estimate of drug-likeness (QED) is 0.841. The van der Waals surface area contributed by atoms with E-state index >= 15 is 0 Å². The zero-order chi connectivity index (χ0) is 13.0. The number of carbonyl (C=O) groups is 1. The molecule has 0 aliphatic carbocycles. The number of aliphatic carboxylic acids is 1. The lowest BCUT2D eigenvalue weighted by Crippen LogP contribution is -2.48. The Morgan fingerprint density at radius 1 is 1.22 bits per heavy atom. The van der Waals surface area contributed by atoms with Gasteiger partial charge in [0.1, 0.15) is 5.38 Å². The maximum absolute atomic E-state index is 10.7. The number of para-hydroxylation sites is 1. The van der Waals surface area contributed by atoms with Crippen LogP contribution in [-0.2, 0) is 4.79 Å². The van der Waals surface area contributed by atoms with E-state index in [-0.39, 0.29) is 0 Å². The molecule has 4 nitrogen and oxygen atoms in total. The Labute approximate surface area is 112 Å². The number of alkyl halides is 1. The molecule has 1 fully saturated rings. The van der Waals surface area contributed by atoms with Gasteiger partial charge in [0.15, 0.2) is 0 Å². The first-order valence-electron chi connectivity index (χ1n) is 6.06. The predicted octanol–water partition coefficient (Wildman–Crippen LogP) is 1.50. The summed E-state index contributed by atoms with van der Waals surface area (Å²) in [5, 5.41) is 7.96. The Hall–Kier alpha value is -1.26. The van der Waals surface area contributed by atoms with E-state index in [1.165, 1.54) is 5.69 Å². The van der Waals surface area contributed by atoms with Crippen LogP contribution >= 0.6 is 11.6 Å². The molecule has 0 bridgehead atoms. The minimum absolute atomic E-state index is 0.416. The standard InChI is InChI=1S/C13H17ClN2O2/c14-12(13(17)18)10-15-6-8-16(9-7-15)11-4-2-1-3-5-11/h1-5,12H,6-10H2,(H,17,18). The van der Waals surface area contributed by atoms with Crippen molar-refractivity contribution in [3.63, 3.8) is 0 Å².